The normalized spacial score (nSPS) is 10.6. The molecule has 0 fully saturated rings. The third kappa shape index (κ3) is 3.15. The van der Waals surface area contributed by atoms with Crippen LogP contribution >= 0.6 is 0 Å². The molecule has 0 aliphatic rings. The van der Waals surface area contributed by atoms with E-state index in [1.54, 1.807) is 6.20 Å². The maximum Gasteiger partial charge on any atom is 0.0716 e. The lowest BCUT2D eigenvalue weighted by atomic mass is 10.1. The van der Waals surface area contributed by atoms with Crippen molar-refractivity contribution in [2.24, 2.45) is 0 Å². The average Bonchev–Trinajstić information content (AvgIpc) is 2.46. The first kappa shape index (κ1) is 12.7. The molecular formula is C15H17NO2. The summed E-state index contributed by atoms with van der Waals surface area (Å²) in [6.07, 6.45) is 1.70. The standard InChI is InChI=1S/C15H17NO2/c1-2-18-11-12-3-6-14(7-4-12)15-8-5-13(10-17)9-16-15/h3-9,17H,2,10-11H2,1H3. The van der Waals surface area contributed by atoms with Crippen LogP contribution in [0.3, 0.4) is 0 Å². The van der Waals surface area contributed by atoms with Gasteiger partial charge in [-0.2, -0.15) is 0 Å². The van der Waals surface area contributed by atoms with Crippen LogP contribution in [0.25, 0.3) is 11.3 Å². The number of rotatable bonds is 5. The predicted molar refractivity (Wildman–Crippen MR) is 70.9 cm³/mol. The number of ether oxygens (including phenoxy) is 1. The Labute approximate surface area is 107 Å². The van der Waals surface area contributed by atoms with Crippen molar-refractivity contribution in [3.05, 3.63) is 53.7 Å². The lowest BCUT2D eigenvalue weighted by Gasteiger charge is -2.05. The molecule has 3 nitrogen and oxygen atoms in total. The van der Waals surface area contributed by atoms with Gasteiger partial charge in [-0.25, -0.2) is 0 Å². The number of hydrogen-bond donors (Lipinski definition) is 1. The minimum Gasteiger partial charge on any atom is -0.392 e. The molecule has 0 aliphatic heterocycles. The molecule has 18 heavy (non-hydrogen) atoms. The summed E-state index contributed by atoms with van der Waals surface area (Å²) in [7, 11) is 0. The Morgan fingerprint density at radius 3 is 2.33 bits per heavy atom. The molecule has 0 bridgehead atoms. The van der Waals surface area contributed by atoms with Gasteiger partial charge in [-0.15, -0.1) is 0 Å². The minimum absolute atomic E-state index is 0.0283. The molecule has 0 spiro atoms. The molecule has 0 saturated carbocycles. The Balaban J connectivity index is 2.12. The number of aliphatic hydroxyl groups excluding tert-OH is 1. The van der Waals surface area contributed by atoms with Gasteiger partial charge >= 0.3 is 0 Å². The minimum atomic E-state index is 0.0283. The summed E-state index contributed by atoms with van der Waals surface area (Å²) in [6, 6.07) is 12.0. The van der Waals surface area contributed by atoms with Crippen molar-refractivity contribution in [2.45, 2.75) is 20.1 Å². The van der Waals surface area contributed by atoms with Gasteiger partial charge in [-0.1, -0.05) is 30.3 Å². The molecule has 94 valence electrons. The van der Waals surface area contributed by atoms with Gasteiger partial charge < -0.3 is 9.84 Å². The summed E-state index contributed by atoms with van der Waals surface area (Å²) in [5.41, 5.74) is 3.97. The van der Waals surface area contributed by atoms with Crippen LogP contribution in [0.15, 0.2) is 42.6 Å². The largest absolute Gasteiger partial charge is 0.392 e. The van der Waals surface area contributed by atoms with Gasteiger partial charge in [0.05, 0.1) is 18.9 Å². The second-order valence-electron chi connectivity index (χ2n) is 4.04. The van der Waals surface area contributed by atoms with E-state index in [4.69, 9.17) is 9.84 Å². The topological polar surface area (TPSA) is 42.4 Å². The molecule has 2 rings (SSSR count). The van der Waals surface area contributed by atoms with Gasteiger partial charge in [0.15, 0.2) is 0 Å². The van der Waals surface area contributed by atoms with Gasteiger partial charge in [0.2, 0.25) is 0 Å². The van der Waals surface area contributed by atoms with Crippen molar-refractivity contribution in [3.63, 3.8) is 0 Å². The van der Waals surface area contributed by atoms with Crippen molar-refractivity contribution in [1.82, 2.24) is 4.98 Å². The molecule has 3 heteroatoms. The van der Waals surface area contributed by atoms with E-state index in [1.807, 2.05) is 43.3 Å². The summed E-state index contributed by atoms with van der Waals surface area (Å²) < 4.78 is 5.35. The first-order valence-corrected chi connectivity index (χ1v) is 6.06. The number of aliphatic hydroxyl groups is 1. The van der Waals surface area contributed by atoms with Crippen molar-refractivity contribution >= 4 is 0 Å². The molecule has 1 heterocycles. The van der Waals surface area contributed by atoms with Crippen LogP contribution < -0.4 is 0 Å². The number of aromatic nitrogens is 1. The summed E-state index contributed by atoms with van der Waals surface area (Å²) in [5.74, 6) is 0. The fourth-order valence-corrected chi connectivity index (χ4v) is 1.68. The summed E-state index contributed by atoms with van der Waals surface area (Å²) >= 11 is 0. The average molecular weight is 243 g/mol. The van der Waals surface area contributed by atoms with Gasteiger partial charge in [0.25, 0.3) is 0 Å². The van der Waals surface area contributed by atoms with Crippen LogP contribution in [-0.2, 0) is 18.0 Å². The zero-order chi connectivity index (χ0) is 12.8. The van der Waals surface area contributed by atoms with E-state index in [9.17, 15) is 0 Å². The van der Waals surface area contributed by atoms with E-state index in [2.05, 4.69) is 4.98 Å². The van der Waals surface area contributed by atoms with Crippen molar-refractivity contribution in [1.29, 1.82) is 0 Å². The van der Waals surface area contributed by atoms with Crippen LogP contribution in [0.1, 0.15) is 18.1 Å². The first-order valence-electron chi connectivity index (χ1n) is 6.06. The van der Waals surface area contributed by atoms with Gasteiger partial charge in [0, 0.05) is 18.4 Å². The smallest absolute Gasteiger partial charge is 0.0716 e. The van der Waals surface area contributed by atoms with Crippen molar-refractivity contribution in [3.8, 4) is 11.3 Å². The molecule has 0 unspecified atom stereocenters. The number of benzene rings is 1. The van der Waals surface area contributed by atoms with Crippen LogP contribution in [-0.4, -0.2) is 16.7 Å². The lowest BCUT2D eigenvalue weighted by Crippen LogP contribution is -1.92. The molecule has 1 N–H and O–H groups in total. The maximum absolute atomic E-state index is 8.96. The Bertz CT molecular complexity index is 477. The quantitative estimate of drug-likeness (QED) is 0.878. The fraction of sp³-hybridized carbons (Fsp3) is 0.267. The lowest BCUT2D eigenvalue weighted by molar-refractivity contribution is 0.134. The second-order valence-corrected chi connectivity index (χ2v) is 4.04. The first-order chi connectivity index (χ1) is 8.83. The van der Waals surface area contributed by atoms with E-state index in [0.717, 1.165) is 29.0 Å². The van der Waals surface area contributed by atoms with Crippen LogP contribution in [0.4, 0.5) is 0 Å². The van der Waals surface area contributed by atoms with E-state index < -0.39 is 0 Å². The molecule has 2 aromatic rings. The second kappa shape index (κ2) is 6.28. The van der Waals surface area contributed by atoms with E-state index >= 15 is 0 Å². The van der Waals surface area contributed by atoms with E-state index in [-0.39, 0.29) is 6.61 Å². The summed E-state index contributed by atoms with van der Waals surface area (Å²) in [4.78, 5) is 4.32. The molecule has 1 aromatic heterocycles. The molecule has 0 atom stereocenters. The monoisotopic (exact) mass is 243 g/mol. The molecule has 0 aliphatic carbocycles. The highest BCUT2D eigenvalue weighted by Gasteiger charge is 2.00. The Hall–Kier alpha value is -1.71. The van der Waals surface area contributed by atoms with Crippen molar-refractivity contribution < 1.29 is 9.84 Å². The summed E-state index contributed by atoms with van der Waals surface area (Å²) in [5, 5.41) is 8.96. The highest BCUT2D eigenvalue weighted by atomic mass is 16.5. The third-order valence-corrected chi connectivity index (χ3v) is 2.73. The van der Waals surface area contributed by atoms with E-state index in [1.165, 1.54) is 0 Å². The SMILES string of the molecule is CCOCc1ccc(-c2ccc(CO)cn2)cc1. The Kier molecular flexibility index (Phi) is 4.45. The predicted octanol–water partition coefficient (Wildman–Crippen LogP) is 2.78. The van der Waals surface area contributed by atoms with Gasteiger partial charge in [-0.05, 0) is 24.1 Å². The third-order valence-electron chi connectivity index (χ3n) is 2.73. The number of nitrogens with zero attached hydrogens (tertiary/aromatic N) is 1. The van der Waals surface area contributed by atoms with Crippen LogP contribution in [0.5, 0.6) is 0 Å². The summed E-state index contributed by atoms with van der Waals surface area (Å²) in [6.45, 7) is 3.39. The van der Waals surface area contributed by atoms with Gasteiger partial charge in [0.1, 0.15) is 0 Å². The molecule has 1 aromatic carbocycles. The highest BCUT2D eigenvalue weighted by Crippen LogP contribution is 2.18. The molecular weight excluding hydrogens is 226 g/mol. The van der Waals surface area contributed by atoms with Crippen molar-refractivity contribution in [2.75, 3.05) is 6.61 Å². The van der Waals surface area contributed by atoms with Crippen LogP contribution in [0, 0.1) is 0 Å². The highest BCUT2D eigenvalue weighted by molar-refractivity contribution is 5.59. The zero-order valence-corrected chi connectivity index (χ0v) is 10.5. The molecule has 0 amide bonds. The molecule has 0 saturated heterocycles. The zero-order valence-electron chi connectivity index (χ0n) is 10.5. The number of pyridine rings is 1. The molecule has 0 radical (unpaired) electrons. The van der Waals surface area contributed by atoms with E-state index in [0.29, 0.717) is 6.61 Å². The fourth-order valence-electron chi connectivity index (χ4n) is 1.68. The Morgan fingerprint density at radius 1 is 1.06 bits per heavy atom. The van der Waals surface area contributed by atoms with Crippen LogP contribution in [0.2, 0.25) is 0 Å². The van der Waals surface area contributed by atoms with Gasteiger partial charge in [-0.3, -0.25) is 4.98 Å². The Morgan fingerprint density at radius 2 is 1.78 bits per heavy atom. The number of hydrogen-bond acceptors (Lipinski definition) is 3. The maximum atomic E-state index is 8.96.